The molecule has 1 aromatic heterocycles. The minimum absolute atomic E-state index is 0.212. The molecular formula is C28H35NO4. The van der Waals surface area contributed by atoms with E-state index < -0.39 is 17.7 Å². The van der Waals surface area contributed by atoms with Gasteiger partial charge >= 0.3 is 5.97 Å². The van der Waals surface area contributed by atoms with E-state index in [9.17, 15) is 14.7 Å². The third-order valence-electron chi connectivity index (χ3n) is 6.02. The van der Waals surface area contributed by atoms with Gasteiger partial charge in [-0.05, 0) is 82.6 Å². The number of rotatable bonds is 6. The van der Waals surface area contributed by atoms with Gasteiger partial charge in [0.05, 0.1) is 11.3 Å². The van der Waals surface area contributed by atoms with Crippen LogP contribution in [0.5, 0.6) is 0 Å². The van der Waals surface area contributed by atoms with Crippen LogP contribution in [-0.2, 0) is 16.6 Å². The van der Waals surface area contributed by atoms with Crippen LogP contribution >= 0.6 is 0 Å². The molecule has 5 nitrogen and oxygen atoms in total. The minimum atomic E-state index is -1.24. The van der Waals surface area contributed by atoms with Crippen LogP contribution in [0.3, 0.4) is 0 Å². The number of hydrogen-bond donors (Lipinski definition) is 1. The molecule has 0 spiro atoms. The van der Waals surface area contributed by atoms with E-state index in [1.165, 1.54) is 4.57 Å². The van der Waals surface area contributed by atoms with Crippen molar-refractivity contribution in [3.8, 4) is 0 Å². The van der Waals surface area contributed by atoms with Gasteiger partial charge in [0.25, 0.3) is 5.56 Å². The predicted molar refractivity (Wildman–Crippen MR) is 134 cm³/mol. The quantitative estimate of drug-likeness (QED) is 0.574. The molecule has 0 fully saturated rings. The van der Waals surface area contributed by atoms with Gasteiger partial charge in [0.1, 0.15) is 0 Å². The zero-order chi connectivity index (χ0) is 24.3. The van der Waals surface area contributed by atoms with Gasteiger partial charge in [0.15, 0.2) is 6.10 Å². The van der Waals surface area contributed by atoms with Crippen molar-refractivity contribution in [3.05, 3.63) is 74.7 Å². The molecule has 1 atom stereocenters. The molecule has 0 saturated carbocycles. The standard InChI is InChI=1S/C28H35NO4/c1-18(17-20-13-9-7-10-14-20)22-19(2)23(21-15-11-8-12-16-21)24(29(6)26(22)30)25(27(31)32)33-28(3,4)5/h7,9-10,13-15,17,25H,8,11-12,16H2,1-6H3,(H,31,32)/b18-17+. The largest absolute Gasteiger partial charge is 0.479 e. The fourth-order valence-corrected chi connectivity index (χ4v) is 4.61. The first kappa shape index (κ1) is 24.7. The lowest BCUT2D eigenvalue weighted by Crippen LogP contribution is -2.35. The highest BCUT2D eigenvalue weighted by molar-refractivity contribution is 5.86. The lowest BCUT2D eigenvalue weighted by atomic mass is 9.85. The van der Waals surface area contributed by atoms with E-state index in [1.807, 2.05) is 71.0 Å². The highest BCUT2D eigenvalue weighted by Gasteiger charge is 2.34. The van der Waals surface area contributed by atoms with Crippen molar-refractivity contribution in [1.29, 1.82) is 0 Å². The number of pyridine rings is 1. The average molecular weight is 450 g/mol. The Bertz CT molecular complexity index is 1150. The summed E-state index contributed by atoms with van der Waals surface area (Å²) in [6, 6.07) is 9.89. The van der Waals surface area contributed by atoms with Gasteiger partial charge in [0.2, 0.25) is 0 Å². The zero-order valence-electron chi connectivity index (χ0n) is 20.6. The molecule has 1 N–H and O–H groups in total. The van der Waals surface area contributed by atoms with Crippen LogP contribution in [-0.4, -0.2) is 21.2 Å². The highest BCUT2D eigenvalue weighted by atomic mass is 16.5. The van der Waals surface area contributed by atoms with E-state index in [-0.39, 0.29) is 5.56 Å². The summed E-state index contributed by atoms with van der Waals surface area (Å²) < 4.78 is 7.49. The van der Waals surface area contributed by atoms with E-state index in [1.54, 1.807) is 7.05 Å². The number of aliphatic carboxylic acids is 1. The molecule has 0 saturated heterocycles. The molecule has 5 heteroatoms. The number of aromatic nitrogens is 1. The van der Waals surface area contributed by atoms with Crippen LogP contribution in [0.4, 0.5) is 0 Å². The SMILES string of the molecule is C/C(=C\c1ccccc1)c1c(C)c(C2=CCCCC2)c(C(OC(C)(C)C)C(=O)O)n(C)c1=O. The zero-order valence-corrected chi connectivity index (χ0v) is 20.6. The monoisotopic (exact) mass is 449 g/mol. The van der Waals surface area contributed by atoms with Gasteiger partial charge in [-0.15, -0.1) is 0 Å². The van der Waals surface area contributed by atoms with Crippen LogP contribution in [0.25, 0.3) is 17.2 Å². The Balaban J connectivity index is 2.33. The van der Waals surface area contributed by atoms with Crippen molar-refractivity contribution in [2.75, 3.05) is 0 Å². The first-order valence-corrected chi connectivity index (χ1v) is 11.6. The molecule has 1 aliphatic rings. The number of carbonyl (C=O) groups is 1. The summed E-state index contributed by atoms with van der Waals surface area (Å²) in [4.78, 5) is 26.0. The Labute approximate surface area is 196 Å². The number of carboxylic acids is 1. The molecule has 1 heterocycles. The second-order valence-corrected chi connectivity index (χ2v) is 9.79. The van der Waals surface area contributed by atoms with Gasteiger partial charge in [-0.2, -0.15) is 0 Å². The van der Waals surface area contributed by atoms with Crippen LogP contribution in [0.2, 0.25) is 0 Å². The summed E-state index contributed by atoms with van der Waals surface area (Å²) in [5, 5.41) is 10.1. The number of hydrogen-bond acceptors (Lipinski definition) is 3. The fraction of sp³-hybridized carbons (Fsp3) is 0.429. The fourth-order valence-electron chi connectivity index (χ4n) is 4.61. The molecule has 0 bridgehead atoms. The maximum absolute atomic E-state index is 13.6. The highest BCUT2D eigenvalue weighted by Crippen LogP contribution is 2.38. The van der Waals surface area contributed by atoms with Gasteiger partial charge in [-0.1, -0.05) is 42.5 Å². The molecule has 1 aromatic carbocycles. The lowest BCUT2D eigenvalue weighted by molar-refractivity contribution is -0.161. The van der Waals surface area contributed by atoms with Crippen molar-refractivity contribution < 1.29 is 14.6 Å². The lowest BCUT2D eigenvalue weighted by Gasteiger charge is -2.30. The Morgan fingerprint density at radius 2 is 1.85 bits per heavy atom. The summed E-state index contributed by atoms with van der Waals surface area (Å²) in [5.74, 6) is -1.10. The second kappa shape index (κ2) is 9.92. The Hall–Kier alpha value is -2.92. The molecule has 0 amide bonds. The van der Waals surface area contributed by atoms with E-state index in [0.717, 1.165) is 53.5 Å². The molecular weight excluding hydrogens is 414 g/mol. The molecule has 0 radical (unpaired) electrons. The number of nitrogens with zero attached hydrogens (tertiary/aromatic N) is 1. The number of benzene rings is 1. The molecule has 33 heavy (non-hydrogen) atoms. The van der Waals surface area contributed by atoms with E-state index in [4.69, 9.17) is 4.74 Å². The normalized spacial score (nSPS) is 15.8. The summed E-state index contributed by atoms with van der Waals surface area (Å²) >= 11 is 0. The molecule has 3 rings (SSSR count). The van der Waals surface area contributed by atoms with Crippen molar-refractivity contribution in [1.82, 2.24) is 4.57 Å². The molecule has 1 unspecified atom stereocenters. The van der Waals surface area contributed by atoms with Crippen molar-refractivity contribution >= 4 is 23.2 Å². The first-order valence-electron chi connectivity index (χ1n) is 11.6. The van der Waals surface area contributed by atoms with E-state index in [2.05, 4.69) is 6.08 Å². The molecule has 0 aliphatic heterocycles. The average Bonchev–Trinajstić information content (AvgIpc) is 2.75. The van der Waals surface area contributed by atoms with Crippen LogP contribution < -0.4 is 5.56 Å². The van der Waals surface area contributed by atoms with E-state index >= 15 is 0 Å². The first-order chi connectivity index (χ1) is 15.5. The van der Waals surface area contributed by atoms with Crippen LogP contribution in [0, 0.1) is 6.92 Å². The van der Waals surface area contributed by atoms with Crippen LogP contribution in [0.1, 0.15) is 87.4 Å². The van der Waals surface area contributed by atoms with E-state index in [0.29, 0.717) is 11.3 Å². The molecule has 1 aliphatic carbocycles. The van der Waals surface area contributed by atoms with Crippen molar-refractivity contribution in [2.24, 2.45) is 7.05 Å². The summed E-state index contributed by atoms with van der Waals surface area (Å²) in [5.41, 5.74) is 4.76. The van der Waals surface area contributed by atoms with Gasteiger partial charge < -0.3 is 14.4 Å². The minimum Gasteiger partial charge on any atom is -0.479 e. The summed E-state index contributed by atoms with van der Waals surface area (Å²) in [6.45, 7) is 9.36. The van der Waals surface area contributed by atoms with Gasteiger partial charge in [-0.25, -0.2) is 4.79 Å². The second-order valence-electron chi connectivity index (χ2n) is 9.79. The molecule has 176 valence electrons. The van der Waals surface area contributed by atoms with Gasteiger partial charge in [-0.3, -0.25) is 4.79 Å². The maximum Gasteiger partial charge on any atom is 0.339 e. The third kappa shape index (κ3) is 5.53. The smallest absolute Gasteiger partial charge is 0.339 e. The Morgan fingerprint density at radius 3 is 2.39 bits per heavy atom. The Kier molecular flexibility index (Phi) is 7.43. The summed E-state index contributed by atoms with van der Waals surface area (Å²) in [7, 11) is 1.66. The third-order valence-corrected chi connectivity index (χ3v) is 6.02. The van der Waals surface area contributed by atoms with Crippen molar-refractivity contribution in [2.45, 2.75) is 72.0 Å². The van der Waals surface area contributed by atoms with Crippen molar-refractivity contribution in [3.63, 3.8) is 0 Å². The number of allylic oxidation sites excluding steroid dienone is 3. The predicted octanol–water partition coefficient (Wildman–Crippen LogP) is 6.15. The van der Waals surface area contributed by atoms with Crippen LogP contribution in [0.15, 0.2) is 41.2 Å². The summed E-state index contributed by atoms with van der Waals surface area (Å²) in [6.07, 6.45) is 6.91. The molecule has 2 aromatic rings. The van der Waals surface area contributed by atoms with Gasteiger partial charge in [0, 0.05) is 18.2 Å². The topological polar surface area (TPSA) is 68.5 Å². The number of ether oxygens (including phenoxy) is 1. The Morgan fingerprint density at radius 1 is 1.18 bits per heavy atom. The maximum atomic E-state index is 13.6. The number of carboxylic acid groups (broad SMARTS) is 1.